The number of guanidine groups is 1. The van der Waals surface area contributed by atoms with Gasteiger partial charge in [0, 0.05) is 39.3 Å². The Morgan fingerprint density at radius 1 is 1.19 bits per heavy atom. The van der Waals surface area contributed by atoms with Crippen LogP contribution in [0.15, 0.2) is 23.2 Å². The van der Waals surface area contributed by atoms with Crippen LogP contribution < -0.4 is 15.4 Å². The van der Waals surface area contributed by atoms with Gasteiger partial charge in [0.15, 0.2) is 5.96 Å². The summed E-state index contributed by atoms with van der Waals surface area (Å²) in [5.41, 5.74) is 2.45. The van der Waals surface area contributed by atoms with Crippen LogP contribution in [0.4, 0.5) is 0 Å². The molecule has 2 N–H and O–H groups in total. The van der Waals surface area contributed by atoms with Crippen LogP contribution in [0.3, 0.4) is 0 Å². The van der Waals surface area contributed by atoms with Crippen molar-refractivity contribution >= 4 is 29.9 Å². The smallest absolute Gasteiger partial charge is 0.191 e. The third kappa shape index (κ3) is 7.49. The van der Waals surface area contributed by atoms with Gasteiger partial charge in [-0.05, 0) is 62.1 Å². The SMILES string of the molecule is CN=C(NCCc1ccc(C)c(OC)c1)NCCN(CC1CC1)C1CC1.I. The fourth-order valence-corrected chi connectivity index (χ4v) is 3.38. The summed E-state index contributed by atoms with van der Waals surface area (Å²) in [5.74, 6) is 2.83. The average Bonchev–Trinajstić information content (AvgIpc) is 3.54. The zero-order valence-electron chi connectivity index (χ0n) is 17.0. The molecule has 0 saturated heterocycles. The summed E-state index contributed by atoms with van der Waals surface area (Å²) in [6, 6.07) is 7.26. The molecule has 1 aromatic carbocycles. The molecule has 0 aromatic heterocycles. The Balaban J connectivity index is 0.00000261. The molecule has 6 heteroatoms. The van der Waals surface area contributed by atoms with Crippen molar-refractivity contribution in [1.82, 2.24) is 15.5 Å². The van der Waals surface area contributed by atoms with Crippen LogP contribution in [-0.4, -0.2) is 57.2 Å². The molecule has 0 spiro atoms. The van der Waals surface area contributed by atoms with E-state index in [0.29, 0.717) is 0 Å². The fraction of sp³-hybridized carbons (Fsp3) is 0.667. The molecule has 0 heterocycles. The third-order valence-corrected chi connectivity index (χ3v) is 5.35. The molecule has 2 aliphatic carbocycles. The topological polar surface area (TPSA) is 48.9 Å². The molecule has 2 aliphatic rings. The van der Waals surface area contributed by atoms with Gasteiger partial charge in [-0.1, -0.05) is 12.1 Å². The molecule has 0 aliphatic heterocycles. The average molecular weight is 486 g/mol. The van der Waals surface area contributed by atoms with Crippen molar-refractivity contribution < 1.29 is 4.74 Å². The molecule has 2 fully saturated rings. The summed E-state index contributed by atoms with van der Waals surface area (Å²) < 4.78 is 5.40. The molecule has 0 radical (unpaired) electrons. The molecule has 2 saturated carbocycles. The molecule has 0 bridgehead atoms. The number of methoxy groups -OCH3 is 1. The van der Waals surface area contributed by atoms with E-state index in [2.05, 4.69) is 45.6 Å². The second kappa shape index (κ2) is 11.1. The Labute approximate surface area is 181 Å². The van der Waals surface area contributed by atoms with Crippen molar-refractivity contribution in [2.75, 3.05) is 40.3 Å². The standard InChI is InChI=1S/C21H34N4O.HI/c1-16-4-5-17(14-20(16)26-3)10-11-23-21(22-2)24-12-13-25(19-8-9-19)15-18-6-7-18;/h4-5,14,18-19H,6-13,15H2,1-3H3,(H2,22,23,24);1H. The molecule has 5 nitrogen and oxygen atoms in total. The van der Waals surface area contributed by atoms with Crippen LogP contribution in [0, 0.1) is 12.8 Å². The second-order valence-corrected chi connectivity index (χ2v) is 7.65. The van der Waals surface area contributed by atoms with Crippen LogP contribution in [0.5, 0.6) is 5.75 Å². The quantitative estimate of drug-likeness (QED) is 0.303. The second-order valence-electron chi connectivity index (χ2n) is 7.65. The maximum atomic E-state index is 5.40. The number of rotatable bonds is 10. The van der Waals surface area contributed by atoms with E-state index < -0.39 is 0 Å². The number of benzene rings is 1. The monoisotopic (exact) mass is 486 g/mol. The van der Waals surface area contributed by atoms with Gasteiger partial charge in [-0.25, -0.2) is 0 Å². The summed E-state index contributed by atoms with van der Waals surface area (Å²) in [6.45, 7) is 6.31. The van der Waals surface area contributed by atoms with Gasteiger partial charge < -0.3 is 15.4 Å². The maximum absolute atomic E-state index is 5.40. The van der Waals surface area contributed by atoms with Crippen molar-refractivity contribution in [2.45, 2.75) is 45.1 Å². The van der Waals surface area contributed by atoms with Gasteiger partial charge in [-0.2, -0.15) is 0 Å². The first-order valence-electron chi connectivity index (χ1n) is 10.0. The Morgan fingerprint density at radius 3 is 2.56 bits per heavy atom. The summed E-state index contributed by atoms with van der Waals surface area (Å²) in [7, 11) is 3.57. The highest BCUT2D eigenvalue weighted by Gasteiger charge is 2.33. The highest BCUT2D eigenvalue weighted by molar-refractivity contribution is 14.0. The Morgan fingerprint density at radius 2 is 1.93 bits per heavy atom. The first kappa shape index (κ1) is 22.3. The van der Waals surface area contributed by atoms with Crippen LogP contribution in [-0.2, 0) is 6.42 Å². The Hall–Kier alpha value is -1.02. The van der Waals surface area contributed by atoms with Crippen LogP contribution in [0.1, 0.15) is 36.8 Å². The van der Waals surface area contributed by atoms with E-state index in [9.17, 15) is 0 Å². The van der Waals surface area contributed by atoms with E-state index in [0.717, 1.165) is 49.7 Å². The largest absolute Gasteiger partial charge is 0.496 e. The van der Waals surface area contributed by atoms with E-state index in [1.807, 2.05) is 7.05 Å². The first-order valence-corrected chi connectivity index (χ1v) is 10.0. The molecule has 1 aromatic rings. The maximum Gasteiger partial charge on any atom is 0.191 e. The molecule has 0 unspecified atom stereocenters. The van der Waals surface area contributed by atoms with Crippen LogP contribution in [0.2, 0.25) is 0 Å². The molecular weight excluding hydrogens is 451 g/mol. The molecular formula is C21H35IN4O. The Bertz CT molecular complexity index is 614. The van der Waals surface area contributed by atoms with Gasteiger partial charge in [-0.15, -0.1) is 24.0 Å². The zero-order chi connectivity index (χ0) is 18.4. The normalized spacial score (nSPS) is 16.8. The minimum absolute atomic E-state index is 0. The lowest BCUT2D eigenvalue weighted by atomic mass is 10.1. The van der Waals surface area contributed by atoms with Crippen LogP contribution >= 0.6 is 24.0 Å². The van der Waals surface area contributed by atoms with Crippen molar-refractivity contribution in [2.24, 2.45) is 10.9 Å². The fourth-order valence-electron chi connectivity index (χ4n) is 3.38. The third-order valence-electron chi connectivity index (χ3n) is 5.35. The number of hydrogen-bond acceptors (Lipinski definition) is 3. The van der Waals surface area contributed by atoms with Crippen molar-refractivity contribution in [3.8, 4) is 5.75 Å². The van der Waals surface area contributed by atoms with Gasteiger partial charge in [0.2, 0.25) is 0 Å². The molecule has 27 heavy (non-hydrogen) atoms. The number of halogens is 1. The number of aryl methyl sites for hydroxylation is 1. The first-order chi connectivity index (χ1) is 12.7. The molecule has 0 atom stereocenters. The highest BCUT2D eigenvalue weighted by atomic mass is 127. The summed E-state index contributed by atoms with van der Waals surface area (Å²) >= 11 is 0. The van der Waals surface area contributed by atoms with E-state index in [1.165, 1.54) is 43.4 Å². The number of hydrogen-bond donors (Lipinski definition) is 2. The lowest BCUT2D eigenvalue weighted by Gasteiger charge is -2.22. The predicted octanol–water partition coefficient (Wildman–Crippen LogP) is 3.20. The molecule has 0 amide bonds. The number of nitrogens with one attached hydrogen (secondary N) is 2. The van der Waals surface area contributed by atoms with Crippen molar-refractivity contribution in [3.63, 3.8) is 0 Å². The summed E-state index contributed by atoms with van der Waals surface area (Å²) in [6.07, 6.45) is 6.60. The number of aliphatic imine (C=N–C) groups is 1. The lowest BCUT2D eigenvalue weighted by molar-refractivity contribution is 0.256. The predicted molar refractivity (Wildman–Crippen MR) is 124 cm³/mol. The van der Waals surface area contributed by atoms with E-state index in [1.54, 1.807) is 7.11 Å². The minimum atomic E-state index is 0. The van der Waals surface area contributed by atoms with Gasteiger partial charge >= 0.3 is 0 Å². The van der Waals surface area contributed by atoms with Gasteiger partial charge in [0.25, 0.3) is 0 Å². The summed E-state index contributed by atoms with van der Waals surface area (Å²) in [4.78, 5) is 7.03. The Kier molecular flexibility index (Phi) is 9.15. The number of nitrogens with zero attached hydrogens (tertiary/aromatic N) is 2. The van der Waals surface area contributed by atoms with Crippen LogP contribution in [0.25, 0.3) is 0 Å². The van der Waals surface area contributed by atoms with Gasteiger partial charge in [0.05, 0.1) is 7.11 Å². The highest BCUT2D eigenvalue weighted by Crippen LogP contribution is 2.34. The minimum Gasteiger partial charge on any atom is -0.496 e. The van der Waals surface area contributed by atoms with Gasteiger partial charge in [-0.3, -0.25) is 9.89 Å². The molecule has 152 valence electrons. The van der Waals surface area contributed by atoms with E-state index >= 15 is 0 Å². The lowest BCUT2D eigenvalue weighted by Crippen LogP contribution is -2.43. The van der Waals surface area contributed by atoms with Gasteiger partial charge in [0.1, 0.15) is 5.75 Å². The zero-order valence-corrected chi connectivity index (χ0v) is 19.3. The molecule has 3 rings (SSSR count). The van der Waals surface area contributed by atoms with E-state index in [4.69, 9.17) is 4.74 Å². The van der Waals surface area contributed by atoms with E-state index in [-0.39, 0.29) is 24.0 Å². The van der Waals surface area contributed by atoms with Crippen molar-refractivity contribution in [3.05, 3.63) is 29.3 Å². The summed E-state index contributed by atoms with van der Waals surface area (Å²) in [5, 5.41) is 6.89. The number of ether oxygens (including phenoxy) is 1. The van der Waals surface area contributed by atoms with Crippen molar-refractivity contribution in [1.29, 1.82) is 0 Å².